The first-order valence-corrected chi connectivity index (χ1v) is 3.04. The maximum Gasteiger partial charge on any atom is 0.162 e. The Kier molecular flexibility index (Phi) is 1.89. The van der Waals surface area contributed by atoms with E-state index in [2.05, 4.69) is 21.1 Å². The lowest BCUT2D eigenvalue weighted by molar-refractivity contribution is 0.320. The molecule has 0 aliphatic heterocycles. The minimum atomic E-state index is 0.512. The highest BCUT2D eigenvalue weighted by molar-refractivity contribution is 9.10. The number of halogens is 1. The number of nitrogens with zero attached hydrogens (tertiary/aromatic N) is 1. The Balaban J connectivity index is 2.94. The van der Waals surface area contributed by atoms with Crippen molar-refractivity contribution in [3.05, 3.63) is 22.6 Å². The third kappa shape index (κ3) is 1.32. The van der Waals surface area contributed by atoms with Gasteiger partial charge in [0.15, 0.2) is 5.76 Å². The zero-order chi connectivity index (χ0) is 6.69. The van der Waals surface area contributed by atoms with Gasteiger partial charge in [0.25, 0.3) is 0 Å². The van der Waals surface area contributed by atoms with E-state index in [-0.39, 0.29) is 0 Å². The average molecular weight is 190 g/mol. The summed E-state index contributed by atoms with van der Waals surface area (Å²) in [4.78, 5) is 0. The molecule has 0 bridgehead atoms. The smallest absolute Gasteiger partial charge is 0.162 e. The molecule has 0 unspecified atom stereocenters. The van der Waals surface area contributed by atoms with Gasteiger partial charge >= 0.3 is 0 Å². The highest BCUT2D eigenvalue weighted by atomic mass is 79.9. The van der Waals surface area contributed by atoms with E-state index in [4.69, 9.17) is 9.62 Å². The summed E-state index contributed by atoms with van der Waals surface area (Å²) in [5, 5.41) is 10.8. The van der Waals surface area contributed by atoms with Crippen LogP contribution in [0.1, 0.15) is 5.76 Å². The van der Waals surface area contributed by atoms with Crippen LogP contribution in [0.15, 0.2) is 26.4 Å². The highest BCUT2D eigenvalue weighted by Gasteiger charge is 1.97. The molecule has 1 heterocycles. The van der Waals surface area contributed by atoms with Crippen molar-refractivity contribution in [2.24, 2.45) is 5.16 Å². The van der Waals surface area contributed by atoms with E-state index in [0.29, 0.717) is 5.76 Å². The Morgan fingerprint density at radius 1 is 1.78 bits per heavy atom. The molecule has 1 rings (SSSR count). The molecule has 48 valence electrons. The van der Waals surface area contributed by atoms with Gasteiger partial charge in [0.1, 0.15) is 6.21 Å². The predicted molar refractivity (Wildman–Crippen MR) is 35.8 cm³/mol. The number of rotatable bonds is 1. The van der Waals surface area contributed by atoms with Gasteiger partial charge in [0.05, 0.1) is 10.7 Å². The van der Waals surface area contributed by atoms with Crippen LogP contribution in [0.4, 0.5) is 0 Å². The van der Waals surface area contributed by atoms with Crippen molar-refractivity contribution >= 4 is 22.1 Å². The second-order valence-corrected chi connectivity index (χ2v) is 2.23. The number of hydrogen-bond donors (Lipinski definition) is 1. The Morgan fingerprint density at radius 3 is 3.00 bits per heavy atom. The zero-order valence-electron chi connectivity index (χ0n) is 4.41. The molecule has 1 aromatic rings. The fraction of sp³-hybridized carbons (Fsp3) is 0. The number of hydrogen-bond acceptors (Lipinski definition) is 3. The predicted octanol–water partition coefficient (Wildman–Crippen LogP) is 1.85. The van der Waals surface area contributed by atoms with Gasteiger partial charge in [-0.3, -0.25) is 0 Å². The van der Waals surface area contributed by atoms with Gasteiger partial charge in [-0.2, -0.15) is 0 Å². The molecular formula is C5H4BrNO2. The number of furan rings is 1. The minimum absolute atomic E-state index is 0.512. The fourth-order valence-electron chi connectivity index (χ4n) is 0.450. The summed E-state index contributed by atoms with van der Waals surface area (Å²) >= 11 is 3.17. The first kappa shape index (κ1) is 6.35. The third-order valence-electron chi connectivity index (χ3n) is 0.820. The van der Waals surface area contributed by atoms with Crippen LogP contribution in [0.3, 0.4) is 0 Å². The average Bonchev–Trinajstić information content (AvgIpc) is 2.18. The fourth-order valence-corrected chi connectivity index (χ4v) is 0.754. The quantitative estimate of drug-likeness (QED) is 0.417. The van der Waals surface area contributed by atoms with Gasteiger partial charge in [-0.25, -0.2) is 0 Å². The lowest BCUT2D eigenvalue weighted by Crippen LogP contribution is -1.74. The van der Waals surface area contributed by atoms with Crippen molar-refractivity contribution in [2.45, 2.75) is 0 Å². The molecule has 0 aromatic carbocycles. The van der Waals surface area contributed by atoms with Crippen LogP contribution in [-0.2, 0) is 0 Å². The molecule has 0 saturated carbocycles. The molecule has 0 atom stereocenters. The zero-order valence-corrected chi connectivity index (χ0v) is 6.00. The standard InChI is InChI=1S/C5H4BrNO2/c6-4-1-2-9-5(4)3-7-8/h1-3,8H. The van der Waals surface area contributed by atoms with Crippen molar-refractivity contribution in [2.75, 3.05) is 0 Å². The molecule has 0 fully saturated rings. The van der Waals surface area contributed by atoms with Gasteiger partial charge in [0, 0.05) is 0 Å². The number of oxime groups is 1. The lowest BCUT2D eigenvalue weighted by atomic mass is 10.5. The van der Waals surface area contributed by atoms with E-state index in [1.807, 2.05) is 0 Å². The van der Waals surface area contributed by atoms with Crippen molar-refractivity contribution in [3.63, 3.8) is 0 Å². The summed E-state index contributed by atoms with van der Waals surface area (Å²) in [5.41, 5.74) is 0. The van der Waals surface area contributed by atoms with E-state index in [1.54, 1.807) is 6.07 Å². The lowest BCUT2D eigenvalue weighted by Gasteiger charge is -1.80. The maximum atomic E-state index is 8.05. The Bertz CT molecular complexity index is 218. The van der Waals surface area contributed by atoms with Crippen molar-refractivity contribution < 1.29 is 9.62 Å². The van der Waals surface area contributed by atoms with Gasteiger partial charge in [-0.15, -0.1) is 0 Å². The molecule has 0 spiro atoms. The SMILES string of the molecule is ON=Cc1occc1Br. The van der Waals surface area contributed by atoms with E-state index >= 15 is 0 Å². The van der Waals surface area contributed by atoms with Crippen LogP contribution in [-0.4, -0.2) is 11.4 Å². The molecule has 0 aliphatic carbocycles. The van der Waals surface area contributed by atoms with Gasteiger partial charge < -0.3 is 9.62 Å². The van der Waals surface area contributed by atoms with E-state index in [9.17, 15) is 0 Å². The van der Waals surface area contributed by atoms with Gasteiger partial charge in [-0.1, -0.05) is 5.16 Å². The summed E-state index contributed by atoms with van der Waals surface area (Å²) in [6.07, 6.45) is 2.71. The van der Waals surface area contributed by atoms with Crippen molar-refractivity contribution in [1.29, 1.82) is 0 Å². The molecule has 0 amide bonds. The molecule has 1 aromatic heterocycles. The van der Waals surface area contributed by atoms with Gasteiger partial charge in [0.2, 0.25) is 0 Å². The highest BCUT2D eigenvalue weighted by Crippen LogP contribution is 2.14. The van der Waals surface area contributed by atoms with Crippen LogP contribution in [0.25, 0.3) is 0 Å². The molecule has 0 radical (unpaired) electrons. The second-order valence-electron chi connectivity index (χ2n) is 1.38. The third-order valence-corrected chi connectivity index (χ3v) is 1.47. The molecule has 1 N–H and O–H groups in total. The summed E-state index contributed by atoms with van der Waals surface area (Å²) in [6, 6.07) is 1.72. The molecule has 0 aliphatic rings. The van der Waals surface area contributed by atoms with Crippen LogP contribution in [0.2, 0.25) is 0 Å². The maximum absolute atomic E-state index is 8.05. The Morgan fingerprint density at radius 2 is 2.56 bits per heavy atom. The van der Waals surface area contributed by atoms with E-state index in [0.717, 1.165) is 4.47 Å². The van der Waals surface area contributed by atoms with Gasteiger partial charge in [-0.05, 0) is 22.0 Å². The first-order valence-electron chi connectivity index (χ1n) is 2.25. The van der Waals surface area contributed by atoms with Crippen LogP contribution < -0.4 is 0 Å². The van der Waals surface area contributed by atoms with Crippen molar-refractivity contribution in [3.8, 4) is 0 Å². The summed E-state index contributed by atoms with van der Waals surface area (Å²) in [7, 11) is 0. The largest absolute Gasteiger partial charge is 0.462 e. The topological polar surface area (TPSA) is 45.7 Å². The second kappa shape index (κ2) is 2.68. The summed E-state index contributed by atoms with van der Waals surface area (Å²) < 4.78 is 5.63. The van der Waals surface area contributed by atoms with Crippen molar-refractivity contribution in [1.82, 2.24) is 0 Å². The Labute approximate surface area is 60.1 Å². The molecular weight excluding hydrogens is 186 g/mol. The van der Waals surface area contributed by atoms with Crippen LogP contribution in [0, 0.1) is 0 Å². The molecule has 0 saturated heterocycles. The Hall–Kier alpha value is -0.770. The van der Waals surface area contributed by atoms with E-state index in [1.165, 1.54) is 12.5 Å². The van der Waals surface area contributed by atoms with E-state index < -0.39 is 0 Å². The first-order chi connectivity index (χ1) is 4.34. The summed E-state index contributed by atoms with van der Waals surface area (Å²) in [5.74, 6) is 0.512. The minimum Gasteiger partial charge on any atom is -0.462 e. The summed E-state index contributed by atoms with van der Waals surface area (Å²) in [6.45, 7) is 0. The van der Waals surface area contributed by atoms with Crippen LogP contribution in [0.5, 0.6) is 0 Å². The normalized spacial score (nSPS) is 10.8. The van der Waals surface area contributed by atoms with Crippen LogP contribution >= 0.6 is 15.9 Å². The molecule has 9 heavy (non-hydrogen) atoms. The monoisotopic (exact) mass is 189 g/mol. The molecule has 4 heteroatoms. The molecule has 3 nitrogen and oxygen atoms in total.